The van der Waals surface area contributed by atoms with Gasteiger partial charge in [0.15, 0.2) is 0 Å². The second-order valence-electron chi connectivity index (χ2n) is 4.45. The van der Waals surface area contributed by atoms with E-state index in [-0.39, 0.29) is 18.8 Å². The van der Waals surface area contributed by atoms with E-state index in [1.165, 1.54) is 7.11 Å². The van der Waals surface area contributed by atoms with Crippen LogP contribution >= 0.6 is 0 Å². The number of anilines is 1. The Hall–Kier alpha value is -3.17. The number of carbonyl (C=O) groups excluding carboxylic acids is 1. The summed E-state index contributed by atoms with van der Waals surface area (Å²) in [6.07, 6.45) is -3.68. The van der Waals surface area contributed by atoms with E-state index in [1.807, 2.05) is 0 Å². The molecule has 7 nitrogen and oxygen atoms in total. The van der Waals surface area contributed by atoms with Crippen LogP contribution in [-0.4, -0.2) is 34.6 Å². The molecule has 0 spiro atoms. The smallest absolute Gasteiger partial charge is 0.433 e. The highest BCUT2D eigenvalue weighted by molar-refractivity contribution is 5.90. The minimum atomic E-state index is -4.59. The van der Waals surface area contributed by atoms with E-state index in [4.69, 9.17) is 14.6 Å². The van der Waals surface area contributed by atoms with Crippen LogP contribution in [0.25, 0.3) is 0 Å². The minimum absolute atomic E-state index is 0.0309. The highest BCUT2D eigenvalue weighted by Crippen LogP contribution is 2.27. The number of alkyl halides is 3. The van der Waals surface area contributed by atoms with Crippen molar-refractivity contribution in [2.24, 2.45) is 0 Å². The first kappa shape index (κ1) is 19.9. The molecule has 0 aliphatic rings. The maximum absolute atomic E-state index is 12.5. The first-order chi connectivity index (χ1) is 11.8. The van der Waals surface area contributed by atoms with Crippen LogP contribution in [0.15, 0.2) is 36.5 Å². The van der Waals surface area contributed by atoms with Gasteiger partial charge in [-0.15, -0.1) is 0 Å². The van der Waals surface area contributed by atoms with E-state index in [0.717, 1.165) is 12.3 Å². The van der Waals surface area contributed by atoms with Gasteiger partial charge < -0.3 is 9.84 Å². The predicted octanol–water partition coefficient (Wildman–Crippen LogP) is 2.39. The van der Waals surface area contributed by atoms with Crippen LogP contribution < -0.4 is 10.1 Å². The summed E-state index contributed by atoms with van der Waals surface area (Å²) in [6, 6.07) is 7.53. The Kier molecular flexibility index (Phi) is 7.32. The number of hydrogen-bond acceptors (Lipinski definition) is 5. The number of carboxylic acid groups (broad SMARTS) is 1. The molecule has 1 amide bonds. The Balaban J connectivity index is 0.000000970. The number of nitrogens with zero attached hydrogens (tertiary/aromatic N) is 2. The zero-order valence-corrected chi connectivity index (χ0v) is 12.9. The van der Waals surface area contributed by atoms with E-state index >= 15 is 0 Å². The van der Waals surface area contributed by atoms with Crippen LogP contribution in [0.3, 0.4) is 0 Å². The Morgan fingerprint density at radius 2 is 2.04 bits per heavy atom. The average molecular weight is 357 g/mol. The molecule has 0 saturated carbocycles. The summed E-state index contributed by atoms with van der Waals surface area (Å²) in [7, 11) is 1.50. The lowest BCUT2D eigenvalue weighted by Crippen LogP contribution is -2.18. The summed E-state index contributed by atoms with van der Waals surface area (Å²) in [4.78, 5) is 27.1. The zero-order chi connectivity index (χ0) is 18.9. The summed E-state index contributed by atoms with van der Waals surface area (Å²) in [6.45, 7) is -0.250. The van der Waals surface area contributed by atoms with Gasteiger partial charge in [-0.1, -0.05) is 12.1 Å². The summed E-state index contributed by atoms with van der Waals surface area (Å²) in [5.41, 5.74) is -0.456. The van der Waals surface area contributed by atoms with Gasteiger partial charge in [-0.25, -0.2) is 9.97 Å². The fourth-order valence-corrected chi connectivity index (χ4v) is 1.71. The van der Waals surface area contributed by atoms with Crippen molar-refractivity contribution in [3.8, 4) is 5.75 Å². The van der Waals surface area contributed by atoms with E-state index in [2.05, 4.69) is 15.3 Å². The Bertz CT molecular complexity index is 723. The number of ether oxygens (including phenoxy) is 1. The Morgan fingerprint density at radius 3 is 2.64 bits per heavy atom. The molecular formula is C15H14F3N3O4. The molecule has 0 aliphatic carbocycles. The minimum Gasteiger partial charge on any atom is -0.497 e. The zero-order valence-electron chi connectivity index (χ0n) is 12.9. The quantitative estimate of drug-likeness (QED) is 0.815. The molecule has 0 atom stereocenters. The fourth-order valence-electron chi connectivity index (χ4n) is 1.71. The number of aromatic nitrogens is 2. The van der Waals surface area contributed by atoms with Crippen LogP contribution in [0.2, 0.25) is 0 Å². The molecule has 1 aromatic heterocycles. The lowest BCUT2D eigenvalue weighted by Gasteiger charge is -2.08. The van der Waals surface area contributed by atoms with Gasteiger partial charge in [0.1, 0.15) is 11.4 Å². The number of carbonyl (C=O) groups is 2. The molecule has 0 fully saturated rings. The van der Waals surface area contributed by atoms with E-state index in [1.54, 1.807) is 24.3 Å². The Morgan fingerprint density at radius 1 is 1.36 bits per heavy atom. The molecule has 1 aromatic carbocycles. The molecule has 0 bridgehead atoms. The number of amides is 1. The highest BCUT2D eigenvalue weighted by Gasteiger charge is 2.32. The molecule has 0 saturated heterocycles. The first-order valence-corrected chi connectivity index (χ1v) is 6.71. The van der Waals surface area contributed by atoms with Gasteiger partial charge >= 0.3 is 6.18 Å². The molecule has 2 aromatic rings. The molecule has 0 unspecified atom stereocenters. The number of methoxy groups -OCH3 is 1. The Labute approximate surface area is 140 Å². The van der Waals surface area contributed by atoms with E-state index in [0.29, 0.717) is 11.3 Å². The molecule has 2 rings (SSSR count). The summed E-state index contributed by atoms with van der Waals surface area (Å²) in [5.74, 6) is -0.323. The maximum Gasteiger partial charge on any atom is 0.433 e. The number of rotatable bonds is 4. The van der Waals surface area contributed by atoms with Gasteiger partial charge in [0, 0.05) is 6.20 Å². The van der Waals surface area contributed by atoms with Gasteiger partial charge in [-0.2, -0.15) is 13.2 Å². The third kappa shape index (κ3) is 6.85. The molecule has 2 N–H and O–H groups in total. The van der Waals surface area contributed by atoms with Gasteiger partial charge in [0.25, 0.3) is 6.47 Å². The van der Waals surface area contributed by atoms with Crippen molar-refractivity contribution in [2.75, 3.05) is 12.4 Å². The van der Waals surface area contributed by atoms with Crippen molar-refractivity contribution < 1.29 is 32.6 Å². The van der Waals surface area contributed by atoms with Crippen molar-refractivity contribution in [2.45, 2.75) is 12.6 Å². The lowest BCUT2D eigenvalue weighted by molar-refractivity contribution is -0.141. The average Bonchev–Trinajstić information content (AvgIpc) is 2.55. The van der Waals surface area contributed by atoms with Gasteiger partial charge in [-0.05, 0) is 23.8 Å². The van der Waals surface area contributed by atoms with E-state index < -0.39 is 17.8 Å². The van der Waals surface area contributed by atoms with Crippen molar-refractivity contribution in [1.82, 2.24) is 9.97 Å². The molecule has 134 valence electrons. The second-order valence-corrected chi connectivity index (χ2v) is 4.45. The van der Waals surface area contributed by atoms with Crippen molar-refractivity contribution in [3.63, 3.8) is 0 Å². The number of halogens is 3. The van der Waals surface area contributed by atoms with Crippen molar-refractivity contribution >= 4 is 18.3 Å². The van der Waals surface area contributed by atoms with Crippen LogP contribution in [0.5, 0.6) is 5.75 Å². The molecule has 10 heteroatoms. The third-order valence-corrected chi connectivity index (χ3v) is 2.70. The molecular weight excluding hydrogens is 343 g/mol. The third-order valence-electron chi connectivity index (χ3n) is 2.70. The van der Waals surface area contributed by atoms with Gasteiger partial charge in [0.2, 0.25) is 11.9 Å². The number of hydrogen-bond donors (Lipinski definition) is 2. The van der Waals surface area contributed by atoms with Gasteiger partial charge in [-0.3, -0.25) is 14.9 Å². The van der Waals surface area contributed by atoms with Crippen LogP contribution in [0, 0.1) is 0 Å². The second kappa shape index (κ2) is 9.21. The highest BCUT2D eigenvalue weighted by atomic mass is 19.4. The van der Waals surface area contributed by atoms with Crippen molar-refractivity contribution in [1.29, 1.82) is 0 Å². The number of benzene rings is 1. The van der Waals surface area contributed by atoms with Crippen LogP contribution in [0.4, 0.5) is 19.1 Å². The van der Waals surface area contributed by atoms with Crippen LogP contribution in [-0.2, 0) is 22.2 Å². The largest absolute Gasteiger partial charge is 0.497 e. The van der Waals surface area contributed by atoms with E-state index in [9.17, 15) is 18.0 Å². The predicted molar refractivity (Wildman–Crippen MR) is 81.1 cm³/mol. The molecule has 25 heavy (non-hydrogen) atoms. The first-order valence-electron chi connectivity index (χ1n) is 6.71. The molecule has 0 aliphatic heterocycles. The summed E-state index contributed by atoms with van der Waals surface area (Å²) >= 11 is 0. The molecule has 0 radical (unpaired) electrons. The molecule has 1 heterocycles. The monoisotopic (exact) mass is 357 g/mol. The summed E-state index contributed by atoms with van der Waals surface area (Å²) in [5, 5.41) is 9.13. The van der Waals surface area contributed by atoms with Crippen molar-refractivity contribution in [3.05, 3.63) is 47.8 Å². The lowest BCUT2D eigenvalue weighted by atomic mass is 10.1. The standard InChI is InChI=1S/C14H12F3N3O2.CH2O2/c1-22-10-4-2-3-9(7-10)8-12(21)20-13-18-6-5-11(19-13)14(15,16)17;2-1-3/h2-7H,8H2,1H3,(H,18,19,20,21);1H,(H,2,3). The summed E-state index contributed by atoms with van der Waals surface area (Å²) < 4.78 is 42.6. The normalized spacial score (nSPS) is 10.2. The maximum atomic E-state index is 12.5. The van der Waals surface area contributed by atoms with Crippen LogP contribution in [0.1, 0.15) is 11.3 Å². The SMILES string of the molecule is COc1cccc(CC(=O)Nc2nccc(C(F)(F)F)n2)c1.O=CO. The fraction of sp³-hybridized carbons (Fsp3) is 0.200. The number of nitrogens with one attached hydrogen (secondary N) is 1. The van der Waals surface area contributed by atoms with Gasteiger partial charge in [0.05, 0.1) is 13.5 Å². The topological polar surface area (TPSA) is 101 Å².